The third-order valence-electron chi connectivity index (χ3n) is 13.8. The summed E-state index contributed by atoms with van der Waals surface area (Å²) in [4.78, 5) is 25.5. The number of likely N-dealkylation sites (N-methyl/N-ethyl adjacent to an activating group) is 1. The van der Waals surface area contributed by atoms with Crippen LogP contribution in [0.3, 0.4) is 0 Å². The van der Waals surface area contributed by atoms with Gasteiger partial charge in [0.15, 0.2) is 0 Å². The number of carbonyl (C=O) groups excluding carboxylic acids is 1. The number of phosphoric acid groups is 1. The maximum Gasteiger partial charge on any atom is 0.268 e. The zero-order valence-electron chi connectivity index (χ0n) is 47.2. The number of quaternary nitrogens is 1. The minimum absolute atomic E-state index is 0.00735. The molecule has 0 bridgehead atoms. The molecule has 0 saturated carbocycles. The lowest BCUT2D eigenvalue weighted by Gasteiger charge is -2.29. The zero-order valence-corrected chi connectivity index (χ0v) is 48.1. The first-order valence-electron chi connectivity index (χ1n) is 30.4. The number of aliphatic hydroxyl groups excluding tert-OH is 1. The molecule has 0 radical (unpaired) electrons. The van der Waals surface area contributed by atoms with Crippen LogP contribution in [-0.4, -0.2) is 68.5 Å². The van der Waals surface area contributed by atoms with E-state index in [0.29, 0.717) is 17.4 Å². The largest absolute Gasteiger partial charge is 0.756 e. The maximum absolute atomic E-state index is 13.0. The maximum atomic E-state index is 13.0. The van der Waals surface area contributed by atoms with Gasteiger partial charge in [-0.3, -0.25) is 9.36 Å². The molecule has 0 aromatic carbocycles. The van der Waals surface area contributed by atoms with E-state index in [4.69, 9.17) is 9.05 Å². The summed E-state index contributed by atoms with van der Waals surface area (Å²) >= 11 is 0. The fraction of sp³-hybridized carbons (Fsp3) is 0.885. The number of aliphatic hydroxyl groups is 1. The lowest BCUT2D eigenvalue weighted by molar-refractivity contribution is -0.870. The van der Waals surface area contributed by atoms with Crippen molar-refractivity contribution in [1.82, 2.24) is 5.32 Å². The van der Waals surface area contributed by atoms with Crippen molar-refractivity contribution in [2.24, 2.45) is 0 Å². The molecule has 0 spiro atoms. The molecule has 0 fully saturated rings. The van der Waals surface area contributed by atoms with E-state index in [1.807, 2.05) is 27.2 Å². The van der Waals surface area contributed by atoms with Gasteiger partial charge in [-0.2, -0.15) is 0 Å². The molecule has 8 nitrogen and oxygen atoms in total. The van der Waals surface area contributed by atoms with Gasteiger partial charge < -0.3 is 28.8 Å². The quantitative estimate of drug-likeness (QED) is 0.0272. The van der Waals surface area contributed by atoms with E-state index in [2.05, 4.69) is 43.5 Å². The average molecular weight is 1010 g/mol. The molecule has 0 aromatic heterocycles. The molecule has 414 valence electrons. The molecular weight excluding hydrogens is 888 g/mol. The minimum Gasteiger partial charge on any atom is -0.756 e. The molecule has 70 heavy (non-hydrogen) atoms. The SMILES string of the molecule is CCCCCCCCCCCCCCCCCCCCCC/C=C/CC/C=C/CC/C=C/C(O)C(COP(=O)([O-])OCC[N+](C)(C)C)NC(=O)CCCCCCCCCCCCCCCCCCCC. The number of carbonyl (C=O) groups is 1. The van der Waals surface area contributed by atoms with Crippen LogP contribution >= 0.6 is 7.82 Å². The normalized spacial score (nSPS) is 14.1. The number of phosphoric ester groups is 1. The summed E-state index contributed by atoms with van der Waals surface area (Å²) in [6, 6.07) is -0.908. The Morgan fingerprint density at radius 3 is 1.16 bits per heavy atom. The molecule has 0 aliphatic rings. The summed E-state index contributed by atoms with van der Waals surface area (Å²) < 4.78 is 23.3. The molecule has 1 amide bonds. The first-order valence-corrected chi connectivity index (χ1v) is 31.8. The number of rotatable bonds is 56. The smallest absolute Gasteiger partial charge is 0.268 e. The summed E-state index contributed by atoms with van der Waals surface area (Å²) in [7, 11) is 1.25. The van der Waals surface area contributed by atoms with Gasteiger partial charge in [0, 0.05) is 6.42 Å². The number of hydrogen-bond donors (Lipinski definition) is 2. The van der Waals surface area contributed by atoms with E-state index < -0.39 is 26.6 Å². The molecule has 3 unspecified atom stereocenters. The van der Waals surface area contributed by atoms with Gasteiger partial charge in [0.05, 0.1) is 39.9 Å². The molecule has 0 aromatic rings. The number of nitrogens with zero attached hydrogens (tertiary/aromatic N) is 1. The van der Waals surface area contributed by atoms with Gasteiger partial charge in [-0.25, -0.2) is 0 Å². The lowest BCUT2D eigenvalue weighted by Crippen LogP contribution is -2.45. The van der Waals surface area contributed by atoms with E-state index in [0.717, 1.165) is 44.9 Å². The Bertz CT molecular complexity index is 1230. The molecular formula is C61H119N2O6P. The molecule has 0 saturated heterocycles. The van der Waals surface area contributed by atoms with Crippen LogP contribution < -0.4 is 10.2 Å². The van der Waals surface area contributed by atoms with Crippen molar-refractivity contribution < 1.29 is 32.9 Å². The van der Waals surface area contributed by atoms with Gasteiger partial charge in [0.1, 0.15) is 13.2 Å². The Kier molecular flexibility index (Phi) is 51.6. The number of nitrogens with one attached hydrogen (secondary N) is 1. The molecule has 3 atom stereocenters. The predicted molar refractivity (Wildman–Crippen MR) is 302 cm³/mol. The van der Waals surface area contributed by atoms with Crippen molar-refractivity contribution in [2.45, 2.75) is 309 Å². The second kappa shape index (κ2) is 52.6. The Balaban J connectivity index is 4.19. The number of allylic oxidation sites excluding steroid dienone is 5. The van der Waals surface area contributed by atoms with Crippen molar-refractivity contribution in [3.63, 3.8) is 0 Å². The van der Waals surface area contributed by atoms with Gasteiger partial charge in [-0.1, -0.05) is 281 Å². The second-order valence-electron chi connectivity index (χ2n) is 22.0. The highest BCUT2D eigenvalue weighted by Gasteiger charge is 2.23. The van der Waals surface area contributed by atoms with Gasteiger partial charge in [-0.05, 0) is 44.9 Å². The molecule has 0 rings (SSSR count). The average Bonchev–Trinajstić information content (AvgIpc) is 3.32. The van der Waals surface area contributed by atoms with Crippen LogP contribution in [0.15, 0.2) is 36.5 Å². The van der Waals surface area contributed by atoms with Crippen LogP contribution in [0.5, 0.6) is 0 Å². The highest BCUT2D eigenvalue weighted by Crippen LogP contribution is 2.38. The summed E-state index contributed by atoms with van der Waals surface area (Å²) in [6.07, 6.45) is 68.1. The Hall–Kier alpha value is -1.28. The van der Waals surface area contributed by atoms with Crippen molar-refractivity contribution in [1.29, 1.82) is 0 Å². The molecule has 0 heterocycles. The third kappa shape index (κ3) is 54.5. The molecule has 9 heteroatoms. The topological polar surface area (TPSA) is 108 Å². The van der Waals surface area contributed by atoms with E-state index in [-0.39, 0.29) is 12.5 Å². The van der Waals surface area contributed by atoms with Crippen LogP contribution in [0, 0.1) is 0 Å². The van der Waals surface area contributed by atoms with Gasteiger partial charge in [-0.15, -0.1) is 0 Å². The zero-order chi connectivity index (χ0) is 51.3. The second-order valence-corrected chi connectivity index (χ2v) is 23.5. The van der Waals surface area contributed by atoms with Gasteiger partial charge in [0.2, 0.25) is 5.91 Å². The Labute approximate surface area is 436 Å². The van der Waals surface area contributed by atoms with Gasteiger partial charge in [0.25, 0.3) is 7.82 Å². The van der Waals surface area contributed by atoms with Crippen LogP contribution in [-0.2, 0) is 18.4 Å². The van der Waals surface area contributed by atoms with Crippen LogP contribution in [0.25, 0.3) is 0 Å². The first kappa shape index (κ1) is 68.7. The molecule has 2 N–H and O–H groups in total. The highest BCUT2D eigenvalue weighted by molar-refractivity contribution is 7.45. The standard InChI is InChI=1S/C61H119N2O6P/c1-6-8-10-12-14-16-18-20-22-24-26-27-28-29-30-31-32-33-34-35-36-37-38-40-42-44-46-48-50-52-54-60(64)59(58-69-70(66,67)68-57-56-63(3,4)5)62-61(65)55-53-51-49-47-45-43-41-39-25-23-21-19-17-15-13-11-9-7-2/h37-38,44,46,52,54,59-60,64H,6-36,39-43,45,47-51,53,55-58H2,1-5H3,(H-,62,65,66,67)/b38-37+,46-44+,54-52+. The lowest BCUT2D eigenvalue weighted by atomic mass is 10.0. The summed E-state index contributed by atoms with van der Waals surface area (Å²) in [6.45, 7) is 4.66. The fourth-order valence-corrected chi connectivity index (χ4v) is 9.79. The minimum atomic E-state index is -4.61. The number of unbranched alkanes of at least 4 members (excludes halogenated alkanes) is 39. The first-order chi connectivity index (χ1) is 34.0. The number of amides is 1. The Morgan fingerprint density at radius 1 is 0.486 bits per heavy atom. The van der Waals surface area contributed by atoms with Crippen molar-refractivity contribution in [3.05, 3.63) is 36.5 Å². The summed E-state index contributed by atoms with van der Waals surface area (Å²) in [5.41, 5.74) is 0. The summed E-state index contributed by atoms with van der Waals surface area (Å²) in [5.74, 6) is -0.207. The van der Waals surface area contributed by atoms with Crippen molar-refractivity contribution >= 4 is 13.7 Å². The van der Waals surface area contributed by atoms with E-state index in [9.17, 15) is 19.4 Å². The summed E-state index contributed by atoms with van der Waals surface area (Å²) in [5, 5.41) is 13.9. The molecule has 0 aliphatic carbocycles. The van der Waals surface area contributed by atoms with E-state index in [1.165, 1.54) is 231 Å². The van der Waals surface area contributed by atoms with Crippen LogP contribution in [0.4, 0.5) is 0 Å². The highest BCUT2D eigenvalue weighted by atomic mass is 31.2. The van der Waals surface area contributed by atoms with E-state index >= 15 is 0 Å². The van der Waals surface area contributed by atoms with Crippen molar-refractivity contribution in [3.8, 4) is 0 Å². The Morgan fingerprint density at radius 2 is 0.800 bits per heavy atom. The monoisotopic (exact) mass is 1010 g/mol. The van der Waals surface area contributed by atoms with Crippen LogP contribution in [0.1, 0.15) is 296 Å². The fourth-order valence-electron chi connectivity index (χ4n) is 9.07. The van der Waals surface area contributed by atoms with Crippen LogP contribution in [0.2, 0.25) is 0 Å². The predicted octanol–water partition coefficient (Wildman–Crippen LogP) is 17.9. The number of hydrogen-bond acceptors (Lipinski definition) is 6. The third-order valence-corrected chi connectivity index (χ3v) is 14.8. The molecule has 0 aliphatic heterocycles. The van der Waals surface area contributed by atoms with E-state index in [1.54, 1.807) is 6.08 Å². The van der Waals surface area contributed by atoms with Crippen molar-refractivity contribution in [2.75, 3.05) is 40.9 Å². The van der Waals surface area contributed by atoms with Gasteiger partial charge >= 0.3 is 0 Å².